The van der Waals surface area contributed by atoms with Crippen LogP contribution >= 0.6 is 0 Å². The molecule has 1 aliphatic carbocycles. The second-order valence-corrected chi connectivity index (χ2v) is 7.89. The third kappa shape index (κ3) is 4.90. The summed E-state index contributed by atoms with van der Waals surface area (Å²) in [5.74, 6) is 0.0511. The van der Waals surface area contributed by atoms with E-state index < -0.39 is 11.7 Å². The van der Waals surface area contributed by atoms with Crippen molar-refractivity contribution >= 4 is 5.91 Å². The summed E-state index contributed by atoms with van der Waals surface area (Å²) in [7, 11) is 0. The summed E-state index contributed by atoms with van der Waals surface area (Å²) >= 11 is 0. The summed E-state index contributed by atoms with van der Waals surface area (Å²) in [5.41, 5.74) is 1.84. The minimum atomic E-state index is -4.39. The lowest BCUT2D eigenvalue weighted by Gasteiger charge is -2.14. The summed E-state index contributed by atoms with van der Waals surface area (Å²) in [6, 6.07) is 14.1. The maximum absolute atomic E-state index is 12.7. The predicted molar refractivity (Wildman–Crippen MR) is 114 cm³/mol. The van der Waals surface area contributed by atoms with Gasteiger partial charge in [0.15, 0.2) is 0 Å². The van der Waals surface area contributed by atoms with E-state index in [1.807, 2.05) is 30.3 Å². The van der Waals surface area contributed by atoms with Gasteiger partial charge >= 0.3 is 6.18 Å². The molecule has 2 N–H and O–H groups in total. The Kier molecular flexibility index (Phi) is 6.12. The van der Waals surface area contributed by atoms with Gasteiger partial charge < -0.3 is 10.3 Å². The molecule has 1 amide bonds. The van der Waals surface area contributed by atoms with E-state index in [1.54, 1.807) is 0 Å². The van der Waals surface area contributed by atoms with Crippen LogP contribution in [0.15, 0.2) is 59.4 Å². The quantitative estimate of drug-likeness (QED) is 0.594. The summed E-state index contributed by atoms with van der Waals surface area (Å²) in [6.45, 7) is 0.150. The first-order valence-electron chi connectivity index (χ1n) is 10.4. The molecule has 0 saturated carbocycles. The Morgan fingerprint density at radius 3 is 2.41 bits per heavy atom. The first kappa shape index (κ1) is 21.8. The normalized spacial score (nSPS) is 16.2. The van der Waals surface area contributed by atoms with Crippen molar-refractivity contribution in [1.29, 1.82) is 0 Å². The molecule has 0 fully saturated rings. The van der Waals surface area contributed by atoms with Gasteiger partial charge in [-0.3, -0.25) is 9.59 Å². The van der Waals surface area contributed by atoms with Crippen LogP contribution < -0.4 is 10.9 Å². The Hall–Kier alpha value is -3.42. The van der Waals surface area contributed by atoms with E-state index in [0.717, 1.165) is 17.7 Å². The van der Waals surface area contributed by atoms with Gasteiger partial charge in [-0.15, -0.1) is 0 Å². The third-order valence-electron chi connectivity index (χ3n) is 5.74. The lowest BCUT2D eigenvalue weighted by molar-refractivity contribution is -0.137. The number of aromatic nitrogens is 2. The first-order chi connectivity index (χ1) is 15.3. The predicted octanol–water partition coefficient (Wildman–Crippen LogP) is 4.27. The smallest absolute Gasteiger partial charge is 0.352 e. The van der Waals surface area contributed by atoms with Crippen molar-refractivity contribution in [1.82, 2.24) is 15.3 Å². The van der Waals surface area contributed by atoms with Crippen molar-refractivity contribution in [3.8, 4) is 11.4 Å². The van der Waals surface area contributed by atoms with Gasteiger partial charge in [-0.05, 0) is 43.4 Å². The molecule has 8 heteroatoms. The van der Waals surface area contributed by atoms with Crippen molar-refractivity contribution in [3.05, 3.63) is 87.3 Å². The number of aryl methyl sites for hydroxylation is 1. The van der Waals surface area contributed by atoms with Crippen molar-refractivity contribution in [2.75, 3.05) is 0 Å². The molecule has 1 unspecified atom stereocenters. The van der Waals surface area contributed by atoms with Crippen molar-refractivity contribution < 1.29 is 18.0 Å². The molecule has 1 aromatic heterocycles. The van der Waals surface area contributed by atoms with E-state index in [0.29, 0.717) is 48.3 Å². The van der Waals surface area contributed by atoms with Crippen LogP contribution in [-0.4, -0.2) is 15.9 Å². The molecule has 0 radical (unpaired) electrons. The Bertz CT molecular complexity index is 1160. The number of nitrogens with zero attached hydrogens (tertiary/aromatic N) is 1. The summed E-state index contributed by atoms with van der Waals surface area (Å²) in [4.78, 5) is 32.8. The Balaban J connectivity index is 1.40. The fraction of sp³-hybridized carbons (Fsp3) is 0.292. The van der Waals surface area contributed by atoms with E-state index in [-0.39, 0.29) is 23.9 Å². The van der Waals surface area contributed by atoms with Crippen LogP contribution in [-0.2, 0) is 30.4 Å². The molecule has 0 bridgehead atoms. The van der Waals surface area contributed by atoms with Gasteiger partial charge in [0.25, 0.3) is 5.56 Å². The van der Waals surface area contributed by atoms with E-state index in [1.165, 1.54) is 12.1 Å². The standard InChI is InChI=1S/C24H22F3N3O2/c25-24(26,27)18-10-6-15(7-11-18)14-28-22(31)17-8-12-19-20(13-9-17)29-21(30-23(19)32)16-4-2-1-3-5-16/h1-7,10-11,17H,8-9,12-14H2,(H,28,31)(H,29,30,32). The number of hydrogen-bond donors (Lipinski definition) is 2. The fourth-order valence-electron chi connectivity index (χ4n) is 3.92. The maximum Gasteiger partial charge on any atom is 0.416 e. The third-order valence-corrected chi connectivity index (χ3v) is 5.74. The van der Waals surface area contributed by atoms with Crippen molar-refractivity contribution in [2.24, 2.45) is 5.92 Å². The fourth-order valence-corrected chi connectivity index (χ4v) is 3.92. The Morgan fingerprint density at radius 1 is 1.03 bits per heavy atom. The van der Waals surface area contributed by atoms with Gasteiger partial charge in [0.1, 0.15) is 5.82 Å². The molecule has 0 saturated heterocycles. The molecule has 1 aliphatic rings. The van der Waals surface area contributed by atoms with Crippen LogP contribution in [0.3, 0.4) is 0 Å². The topological polar surface area (TPSA) is 74.8 Å². The number of alkyl halides is 3. The van der Waals surface area contributed by atoms with Crippen molar-refractivity contribution in [2.45, 2.75) is 38.4 Å². The number of benzene rings is 2. The molecular formula is C24H22F3N3O2. The van der Waals surface area contributed by atoms with Gasteiger partial charge in [0, 0.05) is 23.6 Å². The number of amides is 1. The number of carbonyl (C=O) groups excluding carboxylic acids is 1. The van der Waals surface area contributed by atoms with E-state index in [2.05, 4.69) is 15.3 Å². The molecule has 1 heterocycles. The lowest BCUT2D eigenvalue weighted by atomic mass is 9.98. The summed E-state index contributed by atoms with van der Waals surface area (Å²) in [6.07, 6.45) is -2.36. The highest BCUT2D eigenvalue weighted by molar-refractivity contribution is 5.78. The highest BCUT2D eigenvalue weighted by Crippen LogP contribution is 2.29. The van der Waals surface area contributed by atoms with Crippen LogP contribution in [0.4, 0.5) is 13.2 Å². The molecule has 32 heavy (non-hydrogen) atoms. The number of halogens is 3. The van der Waals surface area contributed by atoms with Crippen molar-refractivity contribution in [3.63, 3.8) is 0 Å². The first-order valence-corrected chi connectivity index (χ1v) is 10.4. The molecule has 5 nitrogen and oxygen atoms in total. The van der Waals surface area contributed by atoms with Crippen LogP contribution in [0.5, 0.6) is 0 Å². The SMILES string of the molecule is O=C(NCc1ccc(C(F)(F)F)cc1)C1CCc2nc(-c3ccccc3)[nH]c(=O)c2CC1. The number of nitrogens with one attached hydrogen (secondary N) is 2. The zero-order valence-electron chi connectivity index (χ0n) is 17.2. The number of carbonyl (C=O) groups is 1. The summed E-state index contributed by atoms with van der Waals surface area (Å²) < 4.78 is 38.0. The largest absolute Gasteiger partial charge is 0.416 e. The number of aromatic amines is 1. The molecule has 4 rings (SSSR count). The van der Waals surface area contributed by atoms with E-state index >= 15 is 0 Å². The van der Waals surface area contributed by atoms with E-state index in [4.69, 9.17) is 0 Å². The van der Waals surface area contributed by atoms with Gasteiger partial charge in [-0.25, -0.2) is 4.98 Å². The van der Waals surface area contributed by atoms with E-state index in [9.17, 15) is 22.8 Å². The maximum atomic E-state index is 12.7. The van der Waals surface area contributed by atoms with Gasteiger partial charge in [-0.2, -0.15) is 13.2 Å². The zero-order valence-corrected chi connectivity index (χ0v) is 17.2. The molecule has 1 atom stereocenters. The number of rotatable bonds is 4. The molecule has 3 aromatic rings. The van der Waals surface area contributed by atoms with Crippen LogP contribution in [0.2, 0.25) is 0 Å². The second-order valence-electron chi connectivity index (χ2n) is 7.89. The average Bonchev–Trinajstić information content (AvgIpc) is 3.01. The molecule has 166 valence electrons. The summed E-state index contributed by atoms with van der Waals surface area (Å²) in [5, 5.41) is 2.81. The Morgan fingerprint density at radius 2 is 1.72 bits per heavy atom. The molecule has 2 aromatic carbocycles. The van der Waals surface area contributed by atoms with Gasteiger partial charge in [0.2, 0.25) is 5.91 Å². The van der Waals surface area contributed by atoms with Crippen LogP contribution in [0, 0.1) is 5.92 Å². The lowest BCUT2D eigenvalue weighted by Crippen LogP contribution is -2.30. The zero-order chi connectivity index (χ0) is 22.7. The second kappa shape index (κ2) is 8.98. The van der Waals surface area contributed by atoms with Gasteiger partial charge in [0.05, 0.1) is 11.3 Å². The van der Waals surface area contributed by atoms with Gasteiger partial charge in [-0.1, -0.05) is 42.5 Å². The molecule has 0 aliphatic heterocycles. The minimum absolute atomic E-state index is 0.150. The average molecular weight is 441 g/mol. The minimum Gasteiger partial charge on any atom is -0.352 e. The van der Waals surface area contributed by atoms with Crippen LogP contribution in [0.1, 0.15) is 35.2 Å². The Labute approximate surface area is 182 Å². The monoisotopic (exact) mass is 441 g/mol. The molecule has 0 spiro atoms. The highest BCUT2D eigenvalue weighted by atomic mass is 19.4. The number of hydrogen-bond acceptors (Lipinski definition) is 3. The van der Waals surface area contributed by atoms with Crippen LogP contribution in [0.25, 0.3) is 11.4 Å². The number of fused-ring (bicyclic) bond motifs is 1. The highest BCUT2D eigenvalue weighted by Gasteiger charge is 2.30. The number of H-pyrrole nitrogens is 1. The molecular weight excluding hydrogens is 419 g/mol.